The zero-order chi connectivity index (χ0) is 19.7. The Morgan fingerprint density at radius 2 is 1.78 bits per heavy atom. The van der Waals surface area contributed by atoms with Gasteiger partial charge in [0, 0.05) is 18.7 Å². The summed E-state index contributed by atoms with van der Waals surface area (Å²) >= 11 is 18.5. The molecule has 0 saturated heterocycles. The van der Waals surface area contributed by atoms with Gasteiger partial charge in [0.25, 0.3) is 5.56 Å². The van der Waals surface area contributed by atoms with Crippen LogP contribution in [0.4, 0.5) is 0 Å². The number of hydrogen-bond donors (Lipinski definition) is 1. The third-order valence-corrected chi connectivity index (χ3v) is 4.52. The highest BCUT2D eigenvalue weighted by Crippen LogP contribution is 2.39. The van der Waals surface area contributed by atoms with Crippen LogP contribution in [0.3, 0.4) is 0 Å². The minimum Gasteiger partial charge on any atom is -0.434 e. The molecule has 0 aliphatic carbocycles. The molecule has 0 unspecified atom stereocenters. The highest BCUT2D eigenvalue weighted by atomic mass is 35.5. The molecule has 0 bridgehead atoms. The van der Waals surface area contributed by atoms with Crippen molar-refractivity contribution in [1.82, 2.24) is 25.0 Å². The Kier molecular flexibility index (Phi) is 5.50. The number of nitrogens with one attached hydrogen (secondary N) is 1. The van der Waals surface area contributed by atoms with Crippen LogP contribution in [0.2, 0.25) is 15.2 Å². The molecule has 0 amide bonds. The fraction of sp³-hybridized carbons (Fsp3) is 0.188. The zero-order valence-electron chi connectivity index (χ0n) is 14.1. The lowest BCUT2D eigenvalue weighted by molar-refractivity contribution is 0.454. The van der Waals surface area contributed by atoms with E-state index in [-0.39, 0.29) is 32.5 Å². The van der Waals surface area contributed by atoms with Gasteiger partial charge in [-0.3, -0.25) is 9.78 Å². The first-order chi connectivity index (χ1) is 12.8. The third kappa shape index (κ3) is 3.97. The van der Waals surface area contributed by atoms with E-state index in [4.69, 9.17) is 39.5 Å². The van der Waals surface area contributed by atoms with Gasteiger partial charge in [0.15, 0.2) is 16.6 Å². The topological polar surface area (TPSA) is 103 Å². The maximum absolute atomic E-state index is 12.0. The van der Waals surface area contributed by atoms with Gasteiger partial charge in [-0.15, -0.1) is 10.2 Å². The zero-order valence-corrected chi connectivity index (χ0v) is 16.4. The second-order valence-corrected chi connectivity index (χ2v) is 6.63. The summed E-state index contributed by atoms with van der Waals surface area (Å²) in [5, 5.41) is 12.1. The molecule has 3 aromatic rings. The van der Waals surface area contributed by atoms with Gasteiger partial charge in [-0.05, 0) is 24.1 Å². The molecule has 0 spiro atoms. The van der Waals surface area contributed by atoms with Crippen molar-refractivity contribution >= 4 is 34.8 Å². The maximum Gasteiger partial charge on any atom is 0.344 e. The van der Waals surface area contributed by atoms with Crippen LogP contribution >= 0.6 is 34.8 Å². The first kappa shape index (κ1) is 19.3. The molecule has 8 nitrogen and oxygen atoms in total. The Bertz CT molecular complexity index is 1120. The van der Waals surface area contributed by atoms with Crippen molar-refractivity contribution in [2.24, 2.45) is 7.05 Å². The Labute approximate surface area is 167 Å². The Morgan fingerprint density at radius 3 is 2.41 bits per heavy atom. The Morgan fingerprint density at radius 1 is 1.11 bits per heavy atom. The van der Waals surface area contributed by atoms with E-state index in [1.807, 2.05) is 6.92 Å². The van der Waals surface area contributed by atoms with Crippen molar-refractivity contribution in [3.8, 4) is 22.9 Å². The SMILES string of the molecule is CCc1cc(Oc2c(Cl)cc(-c3nn(C)c(=O)[nH]c3=O)cc2Cl)nnc1Cl. The molecule has 0 saturated carbocycles. The molecule has 2 heterocycles. The van der Waals surface area contributed by atoms with E-state index >= 15 is 0 Å². The van der Waals surface area contributed by atoms with E-state index in [0.29, 0.717) is 12.0 Å². The molecule has 0 atom stereocenters. The van der Waals surface area contributed by atoms with Gasteiger partial charge in [0.1, 0.15) is 0 Å². The number of aryl methyl sites for hydroxylation is 2. The van der Waals surface area contributed by atoms with Crippen molar-refractivity contribution in [3.63, 3.8) is 0 Å². The molecule has 0 fully saturated rings. The fourth-order valence-corrected chi connectivity index (χ4v) is 3.05. The molecule has 1 aromatic carbocycles. The van der Waals surface area contributed by atoms with E-state index in [1.165, 1.54) is 19.2 Å². The molecule has 11 heteroatoms. The van der Waals surface area contributed by atoms with E-state index in [2.05, 4.69) is 20.3 Å². The molecule has 0 radical (unpaired) electrons. The van der Waals surface area contributed by atoms with Crippen molar-refractivity contribution in [2.45, 2.75) is 13.3 Å². The number of benzene rings is 1. The van der Waals surface area contributed by atoms with E-state index in [1.54, 1.807) is 6.07 Å². The first-order valence-corrected chi connectivity index (χ1v) is 8.80. The summed E-state index contributed by atoms with van der Waals surface area (Å²) in [5.41, 5.74) is -0.215. The highest BCUT2D eigenvalue weighted by molar-refractivity contribution is 6.37. The minimum absolute atomic E-state index is 0.00740. The normalized spacial score (nSPS) is 10.9. The summed E-state index contributed by atoms with van der Waals surface area (Å²) in [6.07, 6.45) is 0.645. The van der Waals surface area contributed by atoms with Gasteiger partial charge in [0.05, 0.1) is 10.0 Å². The summed E-state index contributed by atoms with van der Waals surface area (Å²) in [7, 11) is 1.41. The second-order valence-electron chi connectivity index (χ2n) is 5.45. The van der Waals surface area contributed by atoms with Crippen LogP contribution in [0.25, 0.3) is 11.3 Å². The minimum atomic E-state index is -0.657. The van der Waals surface area contributed by atoms with E-state index in [9.17, 15) is 9.59 Å². The highest BCUT2D eigenvalue weighted by Gasteiger charge is 2.16. The number of hydrogen-bond acceptors (Lipinski definition) is 6. The van der Waals surface area contributed by atoms with Crippen molar-refractivity contribution in [3.05, 3.63) is 59.8 Å². The third-order valence-electron chi connectivity index (χ3n) is 3.64. The lowest BCUT2D eigenvalue weighted by atomic mass is 10.1. The number of aromatic nitrogens is 5. The van der Waals surface area contributed by atoms with Gasteiger partial charge in [-0.25, -0.2) is 9.48 Å². The summed E-state index contributed by atoms with van der Waals surface area (Å²) in [4.78, 5) is 25.6. The molecule has 27 heavy (non-hydrogen) atoms. The van der Waals surface area contributed by atoms with Crippen LogP contribution in [-0.2, 0) is 13.5 Å². The van der Waals surface area contributed by atoms with Crippen LogP contribution in [0.1, 0.15) is 12.5 Å². The predicted molar refractivity (Wildman–Crippen MR) is 102 cm³/mol. The van der Waals surface area contributed by atoms with Crippen molar-refractivity contribution in [1.29, 1.82) is 0 Å². The monoisotopic (exact) mass is 427 g/mol. The number of ether oxygens (including phenoxy) is 1. The fourth-order valence-electron chi connectivity index (χ4n) is 2.26. The summed E-state index contributed by atoms with van der Waals surface area (Å²) < 4.78 is 6.64. The molecular formula is C16H12Cl3N5O3. The number of H-pyrrole nitrogens is 1. The van der Waals surface area contributed by atoms with Crippen LogP contribution in [-0.4, -0.2) is 25.0 Å². The quantitative estimate of drug-likeness (QED) is 0.684. The largest absolute Gasteiger partial charge is 0.434 e. The van der Waals surface area contributed by atoms with Gasteiger partial charge in [0.2, 0.25) is 5.88 Å². The first-order valence-electron chi connectivity index (χ1n) is 7.67. The van der Waals surface area contributed by atoms with Crippen LogP contribution in [0.5, 0.6) is 11.6 Å². The van der Waals surface area contributed by atoms with E-state index in [0.717, 1.165) is 10.2 Å². The molecular weight excluding hydrogens is 417 g/mol. The predicted octanol–water partition coefficient (Wildman–Crippen LogP) is 3.24. The standard InChI is InChI=1S/C16H12Cl3N5O3/c1-3-7-6-11(21-22-14(7)19)27-13-9(17)4-8(5-10(13)18)12-15(25)20-16(26)24(2)23-12/h4-6H,3H2,1-2H3,(H,20,25,26). The summed E-state index contributed by atoms with van der Waals surface area (Å²) in [6.45, 7) is 1.92. The lowest BCUT2D eigenvalue weighted by Gasteiger charge is -2.11. The average molecular weight is 429 g/mol. The average Bonchev–Trinajstić information content (AvgIpc) is 2.62. The van der Waals surface area contributed by atoms with Crippen molar-refractivity contribution < 1.29 is 4.74 Å². The van der Waals surface area contributed by atoms with Gasteiger partial charge >= 0.3 is 5.69 Å². The van der Waals surface area contributed by atoms with Crippen LogP contribution < -0.4 is 16.0 Å². The molecule has 1 N–H and O–H groups in total. The number of rotatable bonds is 4. The van der Waals surface area contributed by atoms with Gasteiger partial charge < -0.3 is 4.74 Å². The molecule has 2 aromatic heterocycles. The molecule has 3 rings (SSSR count). The Balaban J connectivity index is 2.02. The molecule has 0 aliphatic rings. The lowest BCUT2D eigenvalue weighted by Crippen LogP contribution is -2.31. The number of nitrogens with zero attached hydrogens (tertiary/aromatic N) is 4. The molecule has 140 valence electrons. The van der Waals surface area contributed by atoms with Gasteiger partial charge in [-0.2, -0.15) is 5.10 Å². The van der Waals surface area contributed by atoms with Gasteiger partial charge in [-0.1, -0.05) is 41.7 Å². The van der Waals surface area contributed by atoms with Crippen molar-refractivity contribution in [2.75, 3.05) is 0 Å². The maximum atomic E-state index is 12.0. The summed E-state index contributed by atoms with van der Waals surface area (Å²) in [5.74, 6) is 0.313. The summed E-state index contributed by atoms with van der Waals surface area (Å²) in [6, 6.07) is 4.54. The smallest absolute Gasteiger partial charge is 0.344 e. The number of aromatic amines is 1. The van der Waals surface area contributed by atoms with Crippen LogP contribution in [0, 0.1) is 0 Å². The second kappa shape index (κ2) is 7.67. The molecule has 0 aliphatic heterocycles. The van der Waals surface area contributed by atoms with E-state index < -0.39 is 11.2 Å². The number of halogens is 3. The Hall–Kier alpha value is -2.42. The van der Waals surface area contributed by atoms with Crippen LogP contribution in [0.15, 0.2) is 27.8 Å².